The van der Waals surface area contributed by atoms with Crippen molar-refractivity contribution in [2.24, 2.45) is 0 Å². The summed E-state index contributed by atoms with van der Waals surface area (Å²) in [6.45, 7) is 4.88. The van der Waals surface area contributed by atoms with Crippen molar-refractivity contribution in [3.63, 3.8) is 0 Å². The van der Waals surface area contributed by atoms with E-state index in [-0.39, 0.29) is 6.04 Å². The van der Waals surface area contributed by atoms with Crippen LogP contribution in [0.1, 0.15) is 23.0 Å². The Hall–Kier alpha value is -2.41. The van der Waals surface area contributed by atoms with Crippen LogP contribution in [0.4, 0.5) is 0 Å². The molecule has 0 radical (unpaired) electrons. The van der Waals surface area contributed by atoms with Crippen LogP contribution in [0.2, 0.25) is 0 Å². The van der Waals surface area contributed by atoms with Gasteiger partial charge in [-0.1, -0.05) is 0 Å². The summed E-state index contributed by atoms with van der Waals surface area (Å²) >= 11 is 0. The van der Waals surface area contributed by atoms with E-state index < -0.39 is 10.0 Å². The molecule has 2 aromatic rings. The fourth-order valence-corrected chi connectivity index (χ4v) is 4.62. The number of carbonyl (C=O) groups is 1. The largest absolute Gasteiger partial charge is 0.495 e. The van der Waals surface area contributed by atoms with Gasteiger partial charge < -0.3 is 9.30 Å². The van der Waals surface area contributed by atoms with Gasteiger partial charge in [-0.3, -0.25) is 9.69 Å². The summed E-state index contributed by atoms with van der Waals surface area (Å²) in [5.74, 6) is 0.470. The van der Waals surface area contributed by atoms with Crippen LogP contribution < -0.4 is 4.74 Å². The normalized spacial score (nSPS) is 17.4. The molecule has 0 amide bonds. The fraction of sp³-hybridized carbons (Fsp3) is 0.474. The highest BCUT2D eigenvalue weighted by Crippen LogP contribution is 2.32. The van der Waals surface area contributed by atoms with Crippen molar-refractivity contribution in [3.05, 3.63) is 29.5 Å². The van der Waals surface area contributed by atoms with Crippen molar-refractivity contribution in [3.8, 4) is 11.8 Å². The van der Waals surface area contributed by atoms with E-state index in [1.807, 2.05) is 10.6 Å². The Kier molecular flexibility index (Phi) is 5.74. The van der Waals surface area contributed by atoms with Crippen LogP contribution in [-0.2, 0) is 16.6 Å². The van der Waals surface area contributed by atoms with E-state index in [1.165, 1.54) is 17.7 Å². The first kappa shape index (κ1) is 20.3. The summed E-state index contributed by atoms with van der Waals surface area (Å²) in [5.41, 5.74) is 1.78. The Labute approximate surface area is 164 Å². The van der Waals surface area contributed by atoms with Gasteiger partial charge in [0.05, 0.1) is 24.4 Å². The van der Waals surface area contributed by atoms with Gasteiger partial charge in [-0.25, -0.2) is 8.42 Å². The highest BCUT2D eigenvalue weighted by Gasteiger charge is 2.27. The molecule has 28 heavy (non-hydrogen) atoms. The second kappa shape index (κ2) is 7.91. The molecule has 0 unspecified atom stereocenters. The number of benzene rings is 1. The molecule has 0 saturated carbocycles. The Morgan fingerprint density at radius 1 is 1.29 bits per heavy atom. The molecule has 0 aliphatic carbocycles. The maximum atomic E-state index is 11.7. The molecular formula is C19H24N4O4S. The molecule has 1 saturated heterocycles. The topological polar surface area (TPSA) is 95.6 Å². The number of hydrogen-bond acceptors (Lipinski definition) is 6. The lowest BCUT2D eigenvalue weighted by Crippen LogP contribution is -2.51. The molecule has 0 N–H and O–H groups in total. The molecule has 3 rings (SSSR count). The van der Waals surface area contributed by atoms with Crippen molar-refractivity contribution in [1.82, 2.24) is 13.8 Å². The van der Waals surface area contributed by atoms with Crippen LogP contribution in [0, 0.1) is 11.3 Å². The van der Waals surface area contributed by atoms with Crippen LogP contribution in [-0.4, -0.2) is 74.1 Å². The number of rotatable bonds is 6. The van der Waals surface area contributed by atoms with Gasteiger partial charge in [-0.15, -0.1) is 0 Å². The summed E-state index contributed by atoms with van der Waals surface area (Å²) in [4.78, 5) is 13.5. The second-order valence-electron chi connectivity index (χ2n) is 7.04. The molecule has 1 atom stereocenters. The molecule has 1 aliphatic heterocycles. The number of aldehydes is 1. The van der Waals surface area contributed by atoms with E-state index in [1.54, 1.807) is 12.1 Å². The predicted octanol–water partition coefficient (Wildman–Crippen LogP) is 1.30. The number of carbonyl (C=O) groups excluding carboxylic acids is 1. The zero-order valence-corrected chi connectivity index (χ0v) is 17.1. The number of fused-ring (bicyclic) bond motifs is 1. The van der Waals surface area contributed by atoms with E-state index in [2.05, 4.69) is 17.9 Å². The summed E-state index contributed by atoms with van der Waals surface area (Å²) in [6, 6.07) is 7.61. The summed E-state index contributed by atoms with van der Waals surface area (Å²) < 4.78 is 32.2. The number of sulfonamides is 1. The minimum Gasteiger partial charge on any atom is -0.495 e. The Bertz CT molecular complexity index is 1030. The van der Waals surface area contributed by atoms with Crippen LogP contribution in [0.15, 0.2) is 18.2 Å². The first-order valence-corrected chi connectivity index (χ1v) is 10.9. The number of piperazine rings is 1. The van der Waals surface area contributed by atoms with Crippen LogP contribution >= 0.6 is 0 Å². The highest BCUT2D eigenvalue weighted by molar-refractivity contribution is 7.88. The maximum absolute atomic E-state index is 11.7. The lowest BCUT2D eigenvalue weighted by molar-refractivity contribution is 0.112. The number of nitriles is 1. The first-order chi connectivity index (χ1) is 13.3. The van der Waals surface area contributed by atoms with Crippen LogP contribution in [0.25, 0.3) is 10.9 Å². The van der Waals surface area contributed by atoms with E-state index in [0.717, 1.165) is 17.2 Å². The SMILES string of the molecule is COc1c(C=O)ccc2c1cc(C#N)n2C[C@H](C)N1CCN(S(C)(=O)=O)CC1. The van der Waals surface area contributed by atoms with Crippen molar-refractivity contribution in [2.75, 3.05) is 39.5 Å². The molecule has 1 fully saturated rings. The van der Waals surface area contributed by atoms with Crippen molar-refractivity contribution >= 4 is 27.2 Å². The van der Waals surface area contributed by atoms with Gasteiger partial charge in [-0.2, -0.15) is 9.57 Å². The third-order valence-corrected chi connectivity index (χ3v) is 6.63. The zero-order chi connectivity index (χ0) is 20.5. The monoisotopic (exact) mass is 404 g/mol. The average Bonchev–Trinajstić information content (AvgIpc) is 3.04. The van der Waals surface area contributed by atoms with Gasteiger partial charge in [0.1, 0.15) is 17.5 Å². The minimum atomic E-state index is -3.16. The van der Waals surface area contributed by atoms with Crippen molar-refractivity contribution in [2.45, 2.75) is 19.5 Å². The van der Waals surface area contributed by atoms with Crippen molar-refractivity contribution < 1.29 is 17.9 Å². The maximum Gasteiger partial charge on any atom is 0.211 e. The molecule has 8 nitrogen and oxygen atoms in total. The number of aromatic nitrogens is 1. The van der Waals surface area contributed by atoms with Gasteiger partial charge >= 0.3 is 0 Å². The van der Waals surface area contributed by atoms with Gasteiger partial charge in [-0.05, 0) is 25.1 Å². The van der Waals surface area contributed by atoms with E-state index in [4.69, 9.17) is 4.74 Å². The van der Waals surface area contributed by atoms with E-state index in [0.29, 0.717) is 49.7 Å². The minimum absolute atomic E-state index is 0.112. The smallest absolute Gasteiger partial charge is 0.211 e. The first-order valence-electron chi connectivity index (χ1n) is 9.04. The molecule has 9 heteroatoms. The summed E-state index contributed by atoms with van der Waals surface area (Å²) in [7, 11) is -1.65. The number of nitrogens with zero attached hydrogens (tertiary/aromatic N) is 4. The van der Waals surface area contributed by atoms with Crippen LogP contribution in [0.5, 0.6) is 5.75 Å². The van der Waals surface area contributed by atoms with Gasteiger partial charge in [0.25, 0.3) is 0 Å². The third kappa shape index (κ3) is 3.76. The second-order valence-corrected chi connectivity index (χ2v) is 9.02. The average molecular weight is 404 g/mol. The van der Waals surface area contributed by atoms with Gasteiger partial charge in [0, 0.05) is 44.2 Å². The van der Waals surface area contributed by atoms with Gasteiger partial charge in [0.2, 0.25) is 10.0 Å². The molecule has 0 bridgehead atoms. The summed E-state index contributed by atoms with van der Waals surface area (Å²) in [6.07, 6.45) is 1.98. The number of methoxy groups -OCH3 is 1. The van der Waals surface area contributed by atoms with E-state index >= 15 is 0 Å². The lowest BCUT2D eigenvalue weighted by atomic mass is 10.1. The number of ether oxygens (including phenoxy) is 1. The predicted molar refractivity (Wildman–Crippen MR) is 106 cm³/mol. The van der Waals surface area contributed by atoms with Crippen LogP contribution in [0.3, 0.4) is 0 Å². The molecule has 1 aliphatic rings. The molecule has 0 spiro atoms. The fourth-order valence-electron chi connectivity index (χ4n) is 3.79. The number of hydrogen-bond donors (Lipinski definition) is 0. The van der Waals surface area contributed by atoms with Crippen molar-refractivity contribution in [1.29, 1.82) is 5.26 Å². The highest BCUT2D eigenvalue weighted by atomic mass is 32.2. The Morgan fingerprint density at radius 3 is 2.50 bits per heavy atom. The molecule has 150 valence electrons. The Balaban J connectivity index is 1.86. The summed E-state index contributed by atoms with van der Waals surface area (Å²) in [5, 5.41) is 10.3. The quantitative estimate of drug-likeness (QED) is 0.674. The van der Waals surface area contributed by atoms with Gasteiger partial charge in [0.15, 0.2) is 6.29 Å². The third-order valence-electron chi connectivity index (χ3n) is 5.32. The standard InChI is InChI=1S/C19H24N4O4S/c1-14(21-6-8-22(9-7-21)28(3,25)26)12-23-16(11-20)10-17-18(23)5-4-15(13-24)19(17)27-2/h4-5,10,13-14H,6-9,12H2,1-3H3/t14-/m0/s1. The van der Waals surface area contributed by atoms with E-state index in [9.17, 15) is 18.5 Å². The molecule has 1 aromatic carbocycles. The molecule has 2 heterocycles. The Morgan fingerprint density at radius 2 is 1.96 bits per heavy atom. The molecular weight excluding hydrogens is 380 g/mol. The molecule has 1 aromatic heterocycles. The lowest BCUT2D eigenvalue weighted by Gasteiger charge is -2.37. The zero-order valence-electron chi connectivity index (χ0n) is 16.3.